The minimum atomic E-state index is 0.420. The van der Waals surface area contributed by atoms with Gasteiger partial charge in [-0.1, -0.05) is 26.7 Å². The van der Waals surface area contributed by atoms with E-state index < -0.39 is 0 Å². The Morgan fingerprint density at radius 3 is 2.44 bits per heavy atom. The molecule has 0 aromatic carbocycles. The van der Waals surface area contributed by atoms with E-state index in [4.69, 9.17) is 0 Å². The van der Waals surface area contributed by atoms with Gasteiger partial charge in [0.05, 0.1) is 0 Å². The van der Waals surface area contributed by atoms with Gasteiger partial charge in [0.15, 0.2) is 0 Å². The van der Waals surface area contributed by atoms with E-state index in [9.17, 15) is 0 Å². The molecule has 0 amide bonds. The highest BCUT2D eigenvalue weighted by atomic mass is 15.2. The summed E-state index contributed by atoms with van der Waals surface area (Å²) in [5, 5.41) is 3.88. The molecule has 2 aliphatic carbocycles. The van der Waals surface area contributed by atoms with Crippen molar-refractivity contribution >= 4 is 0 Å². The van der Waals surface area contributed by atoms with Crippen LogP contribution in [0.1, 0.15) is 58.8 Å². The van der Waals surface area contributed by atoms with Crippen LogP contribution in [0.4, 0.5) is 0 Å². The zero-order valence-electron chi connectivity index (χ0n) is 12.8. The maximum atomic E-state index is 3.88. The van der Waals surface area contributed by atoms with Gasteiger partial charge in [0.25, 0.3) is 0 Å². The van der Waals surface area contributed by atoms with Gasteiger partial charge >= 0.3 is 0 Å². The van der Waals surface area contributed by atoms with Crippen molar-refractivity contribution in [2.75, 3.05) is 20.6 Å². The standard InChI is InChI=1S/C16H32N2/c1-13-7-8-15(10-13)17-12-16(18(3)4)9-5-6-14(2)11-16/h13-15,17H,5-12H2,1-4H3. The molecule has 0 heterocycles. The Morgan fingerprint density at radius 1 is 1.11 bits per heavy atom. The zero-order valence-corrected chi connectivity index (χ0v) is 12.8. The van der Waals surface area contributed by atoms with Gasteiger partial charge in [-0.3, -0.25) is 0 Å². The van der Waals surface area contributed by atoms with E-state index in [0.717, 1.165) is 17.9 Å². The molecule has 18 heavy (non-hydrogen) atoms. The molecular formula is C16H32N2. The van der Waals surface area contributed by atoms with Gasteiger partial charge in [0.2, 0.25) is 0 Å². The predicted octanol–water partition coefficient (Wildman–Crippen LogP) is 3.28. The van der Waals surface area contributed by atoms with Crippen molar-refractivity contribution in [1.29, 1.82) is 0 Å². The van der Waals surface area contributed by atoms with Crippen LogP contribution in [-0.4, -0.2) is 37.1 Å². The highest BCUT2D eigenvalue weighted by Gasteiger charge is 2.37. The summed E-state index contributed by atoms with van der Waals surface area (Å²) in [5.41, 5.74) is 0.420. The first-order valence-electron chi connectivity index (χ1n) is 7.93. The molecule has 1 N–H and O–H groups in total. The van der Waals surface area contributed by atoms with Crippen LogP contribution in [0.3, 0.4) is 0 Å². The quantitative estimate of drug-likeness (QED) is 0.826. The van der Waals surface area contributed by atoms with Crippen LogP contribution in [-0.2, 0) is 0 Å². The molecule has 0 spiro atoms. The number of nitrogens with one attached hydrogen (secondary N) is 1. The normalized spacial score (nSPS) is 41.5. The van der Waals surface area contributed by atoms with Gasteiger partial charge in [-0.25, -0.2) is 0 Å². The summed E-state index contributed by atoms with van der Waals surface area (Å²) < 4.78 is 0. The molecule has 0 aromatic rings. The molecule has 0 radical (unpaired) electrons. The Kier molecular flexibility index (Phi) is 4.71. The van der Waals surface area contributed by atoms with Crippen LogP contribution in [0, 0.1) is 11.8 Å². The fourth-order valence-electron chi connectivity index (χ4n) is 4.08. The summed E-state index contributed by atoms with van der Waals surface area (Å²) in [6.07, 6.45) is 9.77. The predicted molar refractivity (Wildman–Crippen MR) is 78.9 cm³/mol. The average molecular weight is 252 g/mol. The maximum Gasteiger partial charge on any atom is 0.0330 e. The highest BCUT2D eigenvalue weighted by Crippen LogP contribution is 2.35. The van der Waals surface area contributed by atoms with Gasteiger partial charge in [0.1, 0.15) is 0 Å². The third-order valence-electron chi connectivity index (χ3n) is 5.43. The Hall–Kier alpha value is -0.0800. The van der Waals surface area contributed by atoms with Crippen molar-refractivity contribution in [2.24, 2.45) is 11.8 Å². The van der Waals surface area contributed by atoms with E-state index in [1.807, 2.05) is 0 Å². The van der Waals surface area contributed by atoms with E-state index in [1.165, 1.54) is 51.5 Å². The van der Waals surface area contributed by atoms with E-state index >= 15 is 0 Å². The van der Waals surface area contributed by atoms with Crippen molar-refractivity contribution in [3.8, 4) is 0 Å². The Bertz CT molecular complexity index is 264. The maximum absolute atomic E-state index is 3.88. The first-order valence-corrected chi connectivity index (χ1v) is 7.93. The lowest BCUT2D eigenvalue weighted by Crippen LogP contribution is -2.55. The van der Waals surface area contributed by atoms with Crippen LogP contribution in [0.2, 0.25) is 0 Å². The molecule has 2 heteroatoms. The molecule has 2 saturated carbocycles. The highest BCUT2D eigenvalue weighted by molar-refractivity contribution is 4.96. The summed E-state index contributed by atoms with van der Waals surface area (Å²) in [7, 11) is 4.55. The Morgan fingerprint density at radius 2 is 1.89 bits per heavy atom. The molecular weight excluding hydrogens is 220 g/mol. The molecule has 4 atom stereocenters. The van der Waals surface area contributed by atoms with Crippen molar-refractivity contribution in [3.05, 3.63) is 0 Å². The minimum Gasteiger partial charge on any atom is -0.312 e. The van der Waals surface area contributed by atoms with Crippen LogP contribution < -0.4 is 5.32 Å². The minimum absolute atomic E-state index is 0.420. The molecule has 2 aliphatic rings. The fraction of sp³-hybridized carbons (Fsp3) is 1.00. The number of nitrogens with zero attached hydrogens (tertiary/aromatic N) is 1. The molecule has 0 aliphatic heterocycles. The number of rotatable bonds is 4. The SMILES string of the molecule is CC1CCC(NCC2(N(C)C)CCCC(C)C2)C1. The van der Waals surface area contributed by atoms with E-state index in [-0.39, 0.29) is 0 Å². The number of hydrogen-bond donors (Lipinski definition) is 1. The summed E-state index contributed by atoms with van der Waals surface area (Å²) in [6, 6.07) is 0.786. The van der Waals surface area contributed by atoms with Crippen molar-refractivity contribution in [1.82, 2.24) is 10.2 Å². The zero-order chi connectivity index (χ0) is 13.2. The first-order chi connectivity index (χ1) is 8.52. The van der Waals surface area contributed by atoms with Gasteiger partial charge in [-0.05, 0) is 58.0 Å². The lowest BCUT2D eigenvalue weighted by atomic mass is 9.75. The largest absolute Gasteiger partial charge is 0.312 e. The summed E-state index contributed by atoms with van der Waals surface area (Å²) in [5.74, 6) is 1.83. The average Bonchev–Trinajstić information content (AvgIpc) is 2.72. The summed E-state index contributed by atoms with van der Waals surface area (Å²) in [4.78, 5) is 2.49. The van der Waals surface area contributed by atoms with E-state index in [1.54, 1.807) is 0 Å². The molecule has 106 valence electrons. The van der Waals surface area contributed by atoms with Gasteiger partial charge in [-0.15, -0.1) is 0 Å². The van der Waals surface area contributed by atoms with Crippen LogP contribution in [0.25, 0.3) is 0 Å². The third kappa shape index (κ3) is 3.27. The molecule has 2 nitrogen and oxygen atoms in total. The van der Waals surface area contributed by atoms with Crippen LogP contribution in [0.5, 0.6) is 0 Å². The lowest BCUT2D eigenvalue weighted by Gasteiger charge is -2.46. The summed E-state index contributed by atoms with van der Waals surface area (Å²) >= 11 is 0. The van der Waals surface area contributed by atoms with Crippen molar-refractivity contribution < 1.29 is 0 Å². The van der Waals surface area contributed by atoms with Gasteiger partial charge in [-0.2, -0.15) is 0 Å². The fourth-order valence-corrected chi connectivity index (χ4v) is 4.08. The smallest absolute Gasteiger partial charge is 0.0330 e. The molecule has 0 aromatic heterocycles. The van der Waals surface area contributed by atoms with Crippen LogP contribution in [0.15, 0.2) is 0 Å². The van der Waals surface area contributed by atoms with Gasteiger partial charge in [0, 0.05) is 18.1 Å². The third-order valence-corrected chi connectivity index (χ3v) is 5.43. The Labute approximate surface area is 114 Å². The summed E-state index contributed by atoms with van der Waals surface area (Å²) in [6.45, 7) is 6.02. The second-order valence-electron chi connectivity index (χ2n) is 7.32. The molecule has 2 rings (SSSR count). The molecule has 0 bridgehead atoms. The topological polar surface area (TPSA) is 15.3 Å². The number of hydrogen-bond acceptors (Lipinski definition) is 2. The number of likely N-dealkylation sites (N-methyl/N-ethyl adjacent to an activating group) is 1. The second kappa shape index (κ2) is 5.92. The monoisotopic (exact) mass is 252 g/mol. The second-order valence-corrected chi connectivity index (χ2v) is 7.32. The van der Waals surface area contributed by atoms with E-state index in [2.05, 4.69) is 38.2 Å². The Balaban J connectivity index is 1.90. The van der Waals surface area contributed by atoms with Crippen molar-refractivity contribution in [3.63, 3.8) is 0 Å². The first kappa shape index (κ1) is 14.3. The van der Waals surface area contributed by atoms with Crippen LogP contribution >= 0.6 is 0 Å². The van der Waals surface area contributed by atoms with Gasteiger partial charge < -0.3 is 10.2 Å². The van der Waals surface area contributed by atoms with Crippen molar-refractivity contribution in [2.45, 2.75) is 70.4 Å². The van der Waals surface area contributed by atoms with E-state index in [0.29, 0.717) is 5.54 Å². The molecule has 2 fully saturated rings. The lowest BCUT2D eigenvalue weighted by molar-refractivity contribution is 0.0723. The molecule has 4 unspecified atom stereocenters. The molecule has 0 saturated heterocycles.